The molecule has 0 aromatic heterocycles. The van der Waals surface area contributed by atoms with Crippen LogP contribution in [0.2, 0.25) is 18.1 Å². The summed E-state index contributed by atoms with van der Waals surface area (Å²) in [5.74, 6) is 0.542. The van der Waals surface area contributed by atoms with E-state index in [2.05, 4.69) is 47.4 Å². The van der Waals surface area contributed by atoms with Gasteiger partial charge in [-0.05, 0) is 44.3 Å². The Morgan fingerprint density at radius 3 is 2.24 bits per heavy atom. The number of carbonyl (C=O) groups excluding carboxylic acids is 2. The fourth-order valence-corrected chi connectivity index (χ4v) is 4.87. The highest BCUT2D eigenvalue weighted by atomic mass is 28.4. The smallest absolute Gasteiger partial charge is 0.192 e. The highest BCUT2D eigenvalue weighted by Gasteiger charge is 2.52. The second kappa shape index (κ2) is 7.48. The molecule has 0 heterocycles. The number of hydrogen-bond acceptors (Lipinski definition) is 3. The SMILES string of the molecule is C=C(C)[C@H]1CC(=O)[C@](C)(CCC(C)=O)[C@@H](C)[C@@H]1O[Si](C)(C)C(C)(C)C. The van der Waals surface area contributed by atoms with E-state index in [4.69, 9.17) is 4.43 Å². The Morgan fingerprint density at radius 1 is 1.32 bits per heavy atom. The highest BCUT2D eigenvalue weighted by molar-refractivity contribution is 6.74. The second-order valence-electron chi connectivity index (χ2n) is 9.83. The van der Waals surface area contributed by atoms with Crippen molar-refractivity contribution in [1.29, 1.82) is 0 Å². The van der Waals surface area contributed by atoms with Crippen LogP contribution >= 0.6 is 0 Å². The van der Waals surface area contributed by atoms with Crippen LogP contribution < -0.4 is 0 Å². The maximum absolute atomic E-state index is 13.0. The number of Topliss-reactive ketones (excluding diaryl/α,β-unsaturated/α-hetero) is 2. The lowest BCUT2D eigenvalue weighted by Gasteiger charge is -2.51. The highest BCUT2D eigenvalue weighted by Crippen LogP contribution is 2.49. The van der Waals surface area contributed by atoms with Gasteiger partial charge in [-0.25, -0.2) is 0 Å². The van der Waals surface area contributed by atoms with Crippen LogP contribution in [0.1, 0.15) is 67.7 Å². The van der Waals surface area contributed by atoms with Crippen molar-refractivity contribution < 1.29 is 14.0 Å². The van der Waals surface area contributed by atoms with Gasteiger partial charge in [-0.15, -0.1) is 0 Å². The van der Waals surface area contributed by atoms with Crippen molar-refractivity contribution in [3.8, 4) is 0 Å². The third-order valence-electron chi connectivity index (χ3n) is 6.80. The molecule has 1 rings (SSSR count). The molecule has 1 saturated carbocycles. The average molecular weight is 367 g/mol. The minimum absolute atomic E-state index is 0.00644. The first-order chi connectivity index (χ1) is 11.1. The van der Waals surface area contributed by atoms with Crippen LogP contribution in [-0.2, 0) is 14.0 Å². The monoisotopic (exact) mass is 366 g/mol. The minimum Gasteiger partial charge on any atom is -0.413 e. The lowest BCUT2D eigenvalue weighted by molar-refractivity contribution is -0.143. The van der Waals surface area contributed by atoms with Gasteiger partial charge in [-0.2, -0.15) is 0 Å². The lowest BCUT2D eigenvalue weighted by Crippen LogP contribution is -2.56. The van der Waals surface area contributed by atoms with E-state index < -0.39 is 13.7 Å². The summed E-state index contributed by atoms with van der Waals surface area (Å²) >= 11 is 0. The van der Waals surface area contributed by atoms with Crippen LogP contribution in [-0.4, -0.2) is 26.0 Å². The molecule has 1 aliphatic carbocycles. The zero-order chi connectivity index (χ0) is 19.8. The van der Waals surface area contributed by atoms with E-state index in [1.165, 1.54) is 0 Å². The molecule has 0 unspecified atom stereocenters. The summed E-state index contributed by atoms with van der Waals surface area (Å²) in [7, 11) is -1.97. The van der Waals surface area contributed by atoms with Gasteiger partial charge in [0.25, 0.3) is 0 Å². The van der Waals surface area contributed by atoms with Gasteiger partial charge in [0.1, 0.15) is 11.6 Å². The van der Waals surface area contributed by atoms with Crippen LogP contribution in [0, 0.1) is 17.3 Å². The van der Waals surface area contributed by atoms with E-state index in [0.29, 0.717) is 19.3 Å². The topological polar surface area (TPSA) is 43.4 Å². The molecule has 0 spiro atoms. The summed E-state index contributed by atoms with van der Waals surface area (Å²) in [5, 5.41) is 0.115. The predicted molar refractivity (Wildman–Crippen MR) is 107 cm³/mol. The standard InChI is InChI=1S/C21H38O3Si/c1-14(2)17-13-18(23)21(8,12-11-15(3)22)16(4)19(17)24-25(9,10)20(5,6)7/h16-17,19H,1,11-13H2,2-10H3/t16-,17+,19-,21+/m0/s1. The molecule has 25 heavy (non-hydrogen) atoms. The van der Waals surface area contributed by atoms with Gasteiger partial charge < -0.3 is 9.22 Å². The Morgan fingerprint density at radius 2 is 1.84 bits per heavy atom. The van der Waals surface area contributed by atoms with Crippen molar-refractivity contribution in [2.75, 3.05) is 0 Å². The minimum atomic E-state index is -1.97. The molecule has 4 heteroatoms. The Hall–Kier alpha value is -0.743. The summed E-state index contributed by atoms with van der Waals surface area (Å²) in [6.45, 7) is 23.1. The molecule has 0 saturated heterocycles. The normalized spacial score (nSPS) is 31.1. The molecule has 0 aromatic carbocycles. The first-order valence-corrected chi connectivity index (χ1v) is 12.4. The predicted octanol–water partition coefficient (Wildman–Crippen LogP) is 5.55. The van der Waals surface area contributed by atoms with Crippen LogP contribution in [0.25, 0.3) is 0 Å². The summed E-state index contributed by atoms with van der Waals surface area (Å²) in [6, 6.07) is 0. The van der Waals surface area contributed by atoms with Gasteiger partial charge in [0.15, 0.2) is 8.32 Å². The Labute approximate surface area is 155 Å². The van der Waals surface area contributed by atoms with Gasteiger partial charge in [0.2, 0.25) is 0 Å². The van der Waals surface area contributed by atoms with Crippen LogP contribution in [0.5, 0.6) is 0 Å². The molecule has 144 valence electrons. The van der Waals surface area contributed by atoms with E-state index in [1.54, 1.807) is 6.92 Å². The molecule has 0 aliphatic heterocycles. The summed E-state index contributed by atoms with van der Waals surface area (Å²) in [6.07, 6.45) is 1.54. The molecule has 0 amide bonds. The molecule has 0 radical (unpaired) electrons. The van der Waals surface area contributed by atoms with Crippen LogP contribution in [0.15, 0.2) is 12.2 Å². The quantitative estimate of drug-likeness (QED) is 0.457. The third kappa shape index (κ3) is 4.71. The second-order valence-corrected chi connectivity index (χ2v) is 14.6. The van der Waals surface area contributed by atoms with Crippen LogP contribution in [0.4, 0.5) is 0 Å². The van der Waals surface area contributed by atoms with E-state index >= 15 is 0 Å². The van der Waals surface area contributed by atoms with Crippen LogP contribution in [0.3, 0.4) is 0 Å². The summed E-state index contributed by atoms with van der Waals surface area (Å²) in [4.78, 5) is 24.5. The Balaban J connectivity index is 3.22. The van der Waals surface area contributed by atoms with Gasteiger partial charge in [0.05, 0.1) is 6.10 Å². The summed E-state index contributed by atoms with van der Waals surface area (Å²) in [5.41, 5.74) is 0.530. The molecule has 1 fully saturated rings. The van der Waals surface area contributed by atoms with Crippen molar-refractivity contribution in [1.82, 2.24) is 0 Å². The molecule has 3 nitrogen and oxygen atoms in total. The zero-order valence-electron chi connectivity index (χ0n) is 17.8. The van der Waals surface area contributed by atoms with Gasteiger partial charge in [-0.3, -0.25) is 4.79 Å². The maximum atomic E-state index is 13.0. The Kier molecular flexibility index (Phi) is 6.67. The maximum Gasteiger partial charge on any atom is 0.192 e. The fraction of sp³-hybridized carbons (Fsp3) is 0.810. The zero-order valence-corrected chi connectivity index (χ0v) is 18.8. The molecule has 0 bridgehead atoms. The van der Waals surface area contributed by atoms with Crippen molar-refractivity contribution in [2.45, 2.75) is 92.0 Å². The molecule has 4 atom stereocenters. The number of rotatable bonds is 6. The van der Waals surface area contributed by atoms with Crippen molar-refractivity contribution in [3.05, 3.63) is 12.2 Å². The largest absolute Gasteiger partial charge is 0.413 e. The van der Waals surface area contributed by atoms with E-state index in [-0.39, 0.29) is 34.5 Å². The first kappa shape index (κ1) is 22.3. The van der Waals surface area contributed by atoms with Gasteiger partial charge in [-0.1, -0.05) is 46.8 Å². The van der Waals surface area contributed by atoms with Crippen molar-refractivity contribution in [3.63, 3.8) is 0 Å². The van der Waals surface area contributed by atoms with Crippen molar-refractivity contribution >= 4 is 19.9 Å². The first-order valence-electron chi connectivity index (χ1n) is 9.49. The summed E-state index contributed by atoms with van der Waals surface area (Å²) < 4.78 is 6.82. The van der Waals surface area contributed by atoms with Crippen molar-refractivity contribution in [2.24, 2.45) is 17.3 Å². The van der Waals surface area contributed by atoms with E-state index in [9.17, 15) is 9.59 Å². The molecule has 0 N–H and O–H groups in total. The Bertz CT molecular complexity index is 544. The van der Waals surface area contributed by atoms with Gasteiger partial charge >= 0.3 is 0 Å². The third-order valence-corrected chi connectivity index (χ3v) is 11.3. The molecular weight excluding hydrogens is 328 g/mol. The lowest BCUT2D eigenvalue weighted by atomic mass is 9.60. The fourth-order valence-electron chi connectivity index (χ4n) is 3.47. The molecule has 0 aromatic rings. The van der Waals surface area contributed by atoms with Gasteiger partial charge in [0, 0.05) is 24.2 Å². The van der Waals surface area contributed by atoms with E-state index in [1.807, 2.05) is 13.8 Å². The molecular formula is C21H38O3Si. The number of hydrogen-bond donors (Lipinski definition) is 0. The van der Waals surface area contributed by atoms with E-state index in [0.717, 1.165) is 5.57 Å². The number of ketones is 2. The number of carbonyl (C=O) groups is 2. The molecule has 1 aliphatic rings. The average Bonchev–Trinajstić information content (AvgIpc) is 2.44.